The highest BCUT2D eigenvalue weighted by Crippen LogP contribution is 2.24. The van der Waals surface area contributed by atoms with Crippen LogP contribution in [0.4, 0.5) is 4.79 Å². The Morgan fingerprint density at radius 2 is 2.25 bits per heavy atom. The fourth-order valence-corrected chi connectivity index (χ4v) is 2.72. The third-order valence-corrected chi connectivity index (χ3v) is 3.88. The van der Waals surface area contributed by atoms with E-state index in [9.17, 15) is 9.59 Å². The van der Waals surface area contributed by atoms with Crippen molar-refractivity contribution in [1.29, 1.82) is 0 Å². The minimum atomic E-state index is -1.03. The highest BCUT2D eigenvalue weighted by Gasteiger charge is 2.17. The van der Waals surface area contributed by atoms with E-state index in [-0.39, 0.29) is 0 Å². The van der Waals surface area contributed by atoms with Gasteiger partial charge in [-0.05, 0) is 25.5 Å². The van der Waals surface area contributed by atoms with Gasteiger partial charge < -0.3 is 15.7 Å². The number of rotatable bonds is 4. The molecule has 1 fully saturated rings. The highest BCUT2D eigenvalue weighted by molar-refractivity contribution is 7.99. The molecule has 6 heteroatoms. The molecule has 2 unspecified atom stereocenters. The number of hydrogen-bond acceptors (Lipinski definition) is 3. The van der Waals surface area contributed by atoms with Crippen molar-refractivity contribution in [2.75, 3.05) is 12.3 Å². The van der Waals surface area contributed by atoms with Gasteiger partial charge in [0.1, 0.15) is 6.04 Å². The van der Waals surface area contributed by atoms with Gasteiger partial charge in [0.2, 0.25) is 0 Å². The molecule has 0 aromatic heterocycles. The predicted octanol–water partition coefficient (Wildman–Crippen LogP) is 1.04. The largest absolute Gasteiger partial charge is 0.480 e. The lowest BCUT2D eigenvalue weighted by Gasteiger charge is -2.21. The quantitative estimate of drug-likeness (QED) is 0.692. The molecule has 2 amide bonds. The van der Waals surface area contributed by atoms with Crippen LogP contribution in [0.15, 0.2) is 0 Å². The number of aliphatic carboxylic acids is 1. The molecule has 0 aliphatic carbocycles. The molecule has 0 saturated carbocycles. The lowest BCUT2D eigenvalue weighted by Crippen LogP contribution is -2.46. The van der Waals surface area contributed by atoms with E-state index in [4.69, 9.17) is 5.11 Å². The Bertz CT molecular complexity index is 254. The highest BCUT2D eigenvalue weighted by atomic mass is 32.2. The zero-order valence-electron chi connectivity index (χ0n) is 9.36. The van der Waals surface area contributed by atoms with Crippen LogP contribution in [0.2, 0.25) is 0 Å². The van der Waals surface area contributed by atoms with Crippen LogP contribution in [0, 0.1) is 0 Å². The molecule has 3 N–H and O–H groups in total. The summed E-state index contributed by atoms with van der Waals surface area (Å²) in [5.41, 5.74) is 0. The SMILES string of the molecule is CC(NC(=O)NCC1CCCCS1)C(=O)O. The van der Waals surface area contributed by atoms with E-state index in [0.29, 0.717) is 11.8 Å². The van der Waals surface area contributed by atoms with Gasteiger partial charge >= 0.3 is 12.0 Å². The molecule has 0 aromatic carbocycles. The molecular formula is C10H18N2O3S. The molecule has 1 rings (SSSR count). The molecule has 1 aliphatic rings. The van der Waals surface area contributed by atoms with Gasteiger partial charge in [0.15, 0.2) is 0 Å². The van der Waals surface area contributed by atoms with Gasteiger partial charge in [0, 0.05) is 11.8 Å². The standard InChI is InChI=1S/C10H18N2O3S/c1-7(9(13)14)12-10(15)11-6-8-4-2-3-5-16-8/h7-8H,2-6H2,1H3,(H,13,14)(H2,11,12,15). The van der Waals surface area contributed by atoms with Gasteiger partial charge in [0.25, 0.3) is 0 Å². The Morgan fingerprint density at radius 1 is 1.50 bits per heavy atom. The maximum Gasteiger partial charge on any atom is 0.325 e. The maximum absolute atomic E-state index is 11.3. The summed E-state index contributed by atoms with van der Waals surface area (Å²) < 4.78 is 0. The van der Waals surface area contributed by atoms with Gasteiger partial charge in [-0.2, -0.15) is 11.8 Å². The number of hydrogen-bond donors (Lipinski definition) is 3. The first-order valence-electron chi connectivity index (χ1n) is 5.48. The van der Waals surface area contributed by atoms with Crippen molar-refractivity contribution in [2.24, 2.45) is 0 Å². The average Bonchev–Trinajstić information content (AvgIpc) is 2.27. The molecule has 16 heavy (non-hydrogen) atoms. The van der Waals surface area contributed by atoms with Crippen LogP contribution < -0.4 is 10.6 Å². The third kappa shape index (κ3) is 4.74. The Balaban J connectivity index is 2.16. The summed E-state index contributed by atoms with van der Waals surface area (Å²) in [6.07, 6.45) is 3.59. The summed E-state index contributed by atoms with van der Waals surface area (Å²) in [6, 6.07) is -1.25. The van der Waals surface area contributed by atoms with Gasteiger partial charge in [-0.3, -0.25) is 4.79 Å². The van der Waals surface area contributed by atoms with Crippen molar-refractivity contribution in [3.63, 3.8) is 0 Å². The lowest BCUT2D eigenvalue weighted by atomic mass is 10.2. The van der Waals surface area contributed by atoms with Crippen molar-refractivity contribution in [3.8, 4) is 0 Å². The summed E-state index contributed by atoms with van der Waals surface area (Å²) in [7, 11) is 0. The zero-order valence-corrected chi connectivity index (χ0v) is 10.2. The molecule has 1 aliphatic heterocycles. The summed E-state index contributed by atoms with van der Waals surface area (Å²) in [5, 5.41) is 14.1. The van der Waals surface area contributed by atoms with E-state index in [0.717, 1.165) is 12.2 Å². The number of carbonyl (C=O) groups is 2. The zero-order chi connectivity index (χ0) is 12.0. The maximum atomic E-state index is 11.3. The number of carboxylic acid groups (broad SMARTS) is 1. The first kappa shape index (κ1) is 13.2. The molecule has 0 aromatic rings. The molecule has 5 nitrogen and oxygen atoms in total. The van der Waals surface area contributed by atoms with Crippen LogP contribution in [0.25, 0.3) is 0 Å². The van der Waals surface area contributed by atoms with Crippen LogP contribution in [0.1, 0.15) is 26.2 Å². The van der Waals surface area contributed by atoms with Gasteiger partial charge in [-0.15, -0.1) is 0 Å². The van der Waals surface area contributed by atoms with E-state index >= 15 is 0 Å². The Morgan fingerprint density at radius 3 is 2.81 bits per heavy atom. The minimum Gasteiger partial charge on any atom is -0.480 e. The normalized spacial score (nSPS) is 22.2. The van der Waals surface area contributed by atoms with Crippen LogP contribution in [-0.4, -0.2) is 40.7 Å². The number of carbonyl (C=O) groups excluding carboxylic acids is 1. The second-order valence-corrected chi connectivity index (χ2v) is 5.31. The van der Waals surface area contributed by atoms with E-state index in [1.165, 1.54) is 19.8 Å². The van der Waals surface area contributed by atoms with Crippen molar-refractivity contribution in [1.82, 2.24) is 10.6 Å². The van der Waals surface area contributed by atoms with Crippen LogP contribution in [0.3, 0.4) is 0 Å². The Kier molecular flexibility index (Phi) is 5.45. The topological polar surface area (TPSA) is 78.4 Å². The van der Waals surface area contributed by atoms with Gasteiger partial charge in [-0.1, -0.05) is 6.42 Å². The number of amides is 2. The molecule has 1 saturated heterocycles. The summed E-state index contributed by atoms with van der Waals surface area (Å²) in [5.74, 6) is 0.127. The van der Waals surface area contributed by atoms with Crippen LogP contribution >= 0.6 is 11.8 Å². The fourth-order valence-electron chi connectivity index (χ4n) is 1.48. The van der Waals surface area contributed by atoms with E-state index in [1.54, 1.807) is 0 Å². The molecular weight excluding hydrogens is 228 g/mol. The summed E-state index contributed by atoms with van der Waals surface area (Å²) in [4.78, 5) is 21.8. The Labute approximate surface area is 99.4 Å². The smallest absolute Gasteiger partial charge is 0.325 e. The van der Waals surface area contributed by atoms with Gasteiger partial charge in [0.05, 0.1) is 0 Å². The van der Waals surface area contributed by atoms with E-state index < -0.39 is 18.0 Å². The van der Waals surface area contributed by atoms with Gasteiger partial charge in [-0.25, -0.2) is 4.79 Å². The lowest BCUT2D eigenvalue weighted by molar-refractivity contribution is -0.138. The molecule has 0 spiro atoms. The Hall–Kier alpha value is -0.910. The monoisotopic (exact) mass is 246 g/mol. The summed E-state index contributed by atoms with van der Waals surface area (Å²) >= 11 is 1.87. The number of carboxylic acids is 1. The van der Waals surface area contributed by atoms with E-state index in [1.807, 2.05) is 11.8 Å². The van der Waals surface area contributed by atoms with Crippen LogP contribution in [0.5, 0.6) is 0 Å². The second-order valence-electron chi connectivity index (χ2n) is 3.90. The molecule has 92 valence electrons. The minimum absolute atomic E-state index is 0.402. The number of urea groups is 1. The van der Waals surface area contributed by atoms with Crippen molar-refractivity contribution in [3.05, 3.63) is 0 Å². The second kappa shape index (κ2) is 6.62. The average molecular weight is 246 g/mol. The molecule has 1 heterocycles. The number of thioether (sulfide) groups is 1. The van der Waals surface area contributed by atoms with Crippen molar-refractivity contribution in [2.45, 2.75) is 37.5 Å². The first-order valence-corrected chi connectivity index (χ1v) is 6.53. The predicted molar refractivity (Wildman–Crippen MR) is 63.7 cm³/mol. The van der Waals surface area contributed by atoms with Crippen molar-refractivity contribution < 1.29 is 14.7 Å². The van der Waals surface area contributed by atoms with E-state index in [2.05, 4.69) is 10.6 Å². The molecule has 2 atom stereocenters. The molecule has 0 bridgehead atoms. The molecule has 0 radical (unpaired) electrons. The fraction of sp³-hybridized carbons (Fsp3) is 0.800. The number of nitrogens with one attached hydrogen (secondary N) is 2. The third-order valence-electron chi connectivity index (χ3n) is 2.48. The first-order chi connectivity index (χ1) is 7.59. The van der Waals surface area contributed by atoms with Crippen LogP contribution in [-0.2, 0) is 4.79 Å². The van der Waals surface area contributed by atoms with Crippen molar-refractivity contribution >= 4 is 23.8 Å². The summed E-state index contributed by atoms with van der Waals surface area (Å²) in [6.45, 7) is 2.06.